The van der Waals surface area contributed by atoms with E-state index in [1.165, 1.54) is 9.75 Å². The fraction of sp³-hybridized carbons (Fsp3) is 0.375. The second-order valence-corrected chi connectivity index (χ2v) is 7.04. The van der Waals surface area contributed by atoms with E-state index in [2.05, 4.69) is 38.2 Å². The normalized spacial score (nSPS) is 12.9. The van der Waals surface area contributed by atoms with Gasteiger partial charge in [0.05, 0.1) is 10.0 Å². The van der Waals surface area contributed by atoms with E-state index in [1.807, 2.05) is 29.5 Å². The van der Waals surface area contributed by atoms with Crippen molar-refractivity contribution in [3.8, 4) is 10.4 Å². The number of hydrogen-bond donors (Lipinski definition) is 1. The van der Waals surface area contributed by atoms with Gasteiger partial charge in [-0.15, -0.1) is 11.3 Å². The van der Waals surface area contributed by atoms with Crippen molar-refractivity contribution in [3.63, 3.8) is 0 Å². The molecule has 2 aromatic rings. The first-order valence-electron chi connectivity index (χ1n) is 6.81. The molecule has 1 heterocycles. The average Bonchev–Trinajstić information content (AvgIpc) is 2.88. The van der Waals surface area contributed by atoms with Crippen LogP contribution in [0.2, 0.25) is 10.0 Å². The van der Waals surface area contributed by atoms with Crippen molar-refractivity contribution >= 4 is 34.5 Å². The monoisotopic (exact) mass is 327 g/mol. The molecule has 108 valence electrons. The Bertz CT molecular complexity index is 578. The van der Waals surface area contributed by atoms with Crippen molar-refractivity contribution in [2.75, 3.05) is 6.54 Å². The second-order valence-electron chi connectivity index (χ2n) is 5.11. The molecule has 1 unspecified atom stereocenters. The number of benzene rings is 1. The molecular formula is C16H19Cl2NS. The van der Waals surface area contributed by atoms with Crippen molar-refractivity contribution in [2.45, 2.75) is 26.8 Å². The summed E-state index contributed by atoms with van der Waals surface area (Å²) in [5.41, 5.74) is 1.12. The molecule has 0 saturated carbocycles. The summed E-state index contributed by atoms with van der Waals surface area (Å²) in [6.07, 6.45) is 0. The molecule has 20 heavy (non-hydrogen) atoms. The highest BCUT2D eigenvalue weighted by molar-refractivity contribution is 7.15. The van der Waals surface area contributed by atoms with Gasteiger partial charge in [-0.1, -0.05) is 50.0 Å². The van der Waals surface area contributed by atoms with Crippen LogP contribution in [-0.4, -0.2) is 6.54 Å². The third-order valence-corrected chi connectivity index (χ3v) is 5.18. The van der Waals surface area contributed by atoms with Gasteiger partial charge in [-0.3, -0.25) is 0 Å². The molecule has 1 aromatic heterocycles. The SMILES string of the molecule is CCNC(c1ccc(-c2ccc(Cl)c(Cl)c2)s1)C(C)C. The van der Waals surface area contributed by atoms with Crippen molar-refractivity contribution in [1.82, 2.24) is 5.32 Å². The fourth-order valence-corrected chi connectivity index (χ4v) is 3.76. The minimum Gasteiger partial charge on any atom is -0.309 e. The van der Waals surface area contributed by atoms with Crippen LogP contribution in [0.5, 0.6) is 0 Å². The van der Waals surface area contributed by atoms with Crippen LogP contribution in [0, 0.1) is 5.92 Å². The highest BCUT2D eigenvalue weighted by atomic mass is 35.5. The van der Waals surface area contributed by atoms with Crippen molar-refractivity contribution < 1.29 is 0 Å². The standard InChI is InChI=1S/C16H19Cl2NS/c1-4-19-16(10(2)3)15-8-7-14(20-15)11-5-6-12(17)13(18)9-11/h5-10,16,19H,4H2,1-3H3. The molecule has 1 atom stereocenters. The van der Waals surface area contributed by atoms with Gasteiger partial charge >= 0.3 is 0 Å². The molecule has 2 rings (SSSR count). The predicted octanol–water partition coefficient (Wildman–Crippen LogP) is 6.03. The maximum atomic E-state index is 6.09. The molecule has 0 saturated heterocycles. The van der Waals surface area contributed by atoms with Crippen molar-refractivity contribution in [2.24, 2.45) is 5.92 Å². The van der Waals surface area contributed by atoms with E-state index >= 15 is 0 Å². The Hall–Kier alpha value is -0.540. The number of nitrogens with one attached hydrogen (secondary N) is 1. The number of rotatable bonds is 5. The van der Waals surface area contributed by atoms with Gasteiger partial charge in [0.2, 0.25) is 0 Å². The molecule has 0 aliphatic rings. The third-order valence-electron chi connectivity index (χ3n) is 3.23. The van der Waals surface area contributed by atoms with Gasteiger partial charge in [0.1, 0.15) is 0 Å². The van der Waals surface area contributed by atoms with E-state index in [1.54, 1.807) is 0 Å². The van der Waals surface area contributed by atoms with Gasteiger partial charge in [0.15, 0.2) is 0 Å². The van der Waals surface area contributed by atoms with Crippen LogP contribution in [0.3, 0.4) is 0 Å². The molecule has 0 fully saturated rings. The molecule has 0 spiro atoms. The van der Waals surface area contributed by atoms with Crippen molar-refractivity contribution in [1.29, 1.82) is 0 Å². The average molecular weight is 328 g/mol. The Kier molecular flexibility index (Phi) is 5.50. The third kappa shape index (κ3) is 3.56. The van der Waals surface area contributed by atoms with Crippen LogP contribution < -0.4 is 5.32 Å². The molecule has 0 bridgehead atoms. The van der Waals surface area contributed by atoms with Crippen LogP contribution in [-0.2, 0) is 0 Å². The lowest BCUT2D eigenvalue weighted by molar-refractivity contribution is 0.428. The summed E-state index contributed by atoms with van der Waals surface area (Å²) in [6.45, 7) is 7.60. The van der Waals surface area contributed by atoms with Crippen LogP contribution >= 0.6 is 34.5 Å². The van der Waals surface area contributed by atoms with E-state index < -0.39 is 0 Å². The van der Waals surface area contributed by atoms with E-state index in [-0.39, 0.29) is 0 Å². The van der Waals surface area contributed by atoms with E-state index in [9.17, 15) is 0 Å². The molecule has 1 N–H and O–H groups in total. The van der Waals surface area contributed by atoms with Crippen LogP contribution in [0.1, 0.15) is 31.7 Å². The summed E-state index contributed by atoms with van der Waals surface area (Å²) in [4.78, 5) is 2.59. The van der Waals surface area contributed by atoms with Gasteiger partial charge < -0.3 is 5.32 Å². The predicted molar refractivity (Wildman–Crippen MR) is 91.0 cm³/mol. The lowest BCUT2D eigenvalue weighted by atomic mass is 10.0. The Morgan fingerprint density at radius 2 is 1.85 bits per heavy atom. The summed E-state index contributed by atoms with van der Waals surface area (Å²) < 4.78 is 0. The topological polar surface area (TPSA) is 12.0 Å². The zero-order chi connectivity index (χ0) is 14.7. The molecule has 0 aliphatic carbocycles. The maximum Gasteiger partial charge on any atom is 0.0598 e. The molecule has 4 heteroatoms. The first-order valence-corrected chi connectivity index (χ1v) is 8.38. The summed E-state index contributed by atoms with van der Waals surface area (Å²) >= 11 is 13.9. The van der Waals surface area contributed by atoms with E-state index in [4.69, 9.17) is 23.2 Å². The number of hydrogen-bond acceptors (Lipinski definition) is 2. The largest absolute Gasteiger partial charge is 0.309 e. The lowest BCUT2D eigenvalue weighted by Gasteiger charge is -2.20. The van der Waals surface area contributed by atoms with Gasteiger partial charge in [-0.05, 0) is 42.3 Å². The van der Waals surface area contributed by atoms with Gasteiger partial charge in [0.25, 0.3) is 0 Å². The first-order chi connectivity index (χ1) is 9.52. The molecule has 0 radical (unpaired) electrons. The zero-order valence-electron chi connectivity index (χ0n) is 11.9. The highest BCUT2D eigenvalue weighted by Crippen LogP contribution is 2.36. The molecule has 0 aliphatic heterocycles. The summed E-state index contributed by atoms with van der Waals surface area (Å²) in [6, 6.07) is 10.6. The Labute approximate surface area is 134 Å². The highest BCUT2D eigenvalue weighted by Gasteiger charge is 2.17. The Morgan fingerprint density at radius 1 is 1.10 bits per heavy atom. The van der Waals surface area contributed by atoms with Crippen LogP contribution in [0.25, 0.3) is 10.4 Å². The Morgan fingerprint density at radius 3 is 2.45 bits per heavy atom. The van der Waals surface area contributed by atoms with Crippen LogP contribution in [0.4, 0.5) is 0 Å². The quantitative estimate of drug-likeness (QED) is 0.707. The molecule has 1 aromatic carbocycles. The van der Waals surface area contributed by atoms with Gasteiger partial charge in [-0.2, -0.15) is 0 Å². The van der Waals surface area contributed by atoms with E-state index in [0.29, 0.717) is 22.0 Å². The number of thiophene rings is 1. The first kappa shape index (κ1) is 15.8. The summed E-state index contributed by atoms with van der Waals surface area (Å²) in [5, 5.41) is 4.75. The summed E-state index contributed by atoms with van der Waals surface area (Å²) in [7, 11) is 0. The molecule has 1 nitrogen and oxygen atoms in total. The second kappa shape index (κ2) is 6.95. The minimum absolute atomic E-state index is 0.404. The molecular weight excluding hydrogens is 309 g/mol. The smallest absolute Gasteiger partial charge is 0.0598 e. The number of halogens is 2. The van der Waals surface area contributed by atoms with Gasteiger partial charge in [0, 0.05) is 15.8 Å². The van der Waals surface area contributed by atoms with Gasteiger partial charge in [-0.25, -0.2) is 0 Å². The fourth-order valence-electron chi connectivity index (χ4n) is 2.21. The van der Waals surface area contributed by atoms with Crippen LogP contribution in [0.15, 0.2) is 30.3 Å². The minimum atomic E-state index is 0.404. The maximum absolute atomic E-state index is 6.09. The lowest BCUT2D eigenvalue weighted by Crippen LogP contribution is -2.24. The molecule has 0 amide bonds. The zero-order valence-corrected chi connectivity index (χ0v) is 14.2. The van der Waals surface area contributed by atoms with Crippen molar-refractivity contribution in [3.05, 3.63) is 45.3 Å². The van der Waals surface area contributed by atoms with E-state index in [0.717, 1.165) is 12.1 Å². The Balaban J connectivity index is 2.29. The summed E-state index contributed by atoms with van der Waals surface area (Å²) in [5.74, 6) is 0.565.